The van der Waals surface area contributed by atoms with Crippen LogP contribution >= 0.6 is 24.8 Å². The van der Waals surface area contributed by atoms with Crippen LogP contribution in [0.25, 0.3) is 0 Å². The molecule has 0 saturated carbocycles. The van der Waals surface area contributed by atoms with Crippen molar-refractivity contribution in [2.75, 3.05) is 19.6 Å². The van der Waals surface area contributed by atoms with Gasteiger partial charge in [0, 0.05) is 12.6 Å². The van der Waals surface area contributed by atoms with Crippen LogP contribution in [-0.2, 0) is 4.79 Å². The number of halogens is 2. The number of carbonyl (C=O) groups excluding carboxylic acids is 1. The lowest BCUT2D eigenvalue weighted by Crippen LogP contribution is -2.51. The van der Waals surface area contributed by atoms with E-state index in [1.165, 1.54) is 38.8 Å². The first-order chi connectivity index (χ1) is 10.0. The van der Waals surface area contributed by atoms with E-state index in [0.29, 0.717) is 12.0 Å². The second kappa shape index (κ2) is 13.3. The van der Waals surface area contributed by atoms with Crippen molar-refractivity contribution < 1.29 is 4.79 Å². The third-order valence-electron chi connectivity index (χ3n) is 5.25. The number of nitrogens with one attached hydrogen (secondary N) is 1. The summed E-state index contributed by atoms with van der Waals surface area (Å²) in [5.74, 6) is 0.908. The molecule has 1 aliphatic heterocycles. The summed E-state index contributed by atoms with van der Waals surface area (Å²) in [4.78, 5) is 14.8. The zero-order valence-corrected chi connectivity index (χ0v) is 16.8. The molecule has 140 valence electrons. The highest BCUT2D eigenvalue weighted by molar-refractivity contribution is 5.85. The predicted molar refractivity (Wildman–Crippen MR) is 104 cm³/mol. The van der Waals surface area contributed by atoms with Crippen molar-refractivity contribution in [1.29, 1.82) is 0 Å². The molecule has 1 aliphatic rings. The van der Waals surface area contributed by atoms with Crippen LogP contribution in [0.3, 0.4) is 0 Å². The Labute approximate surface area is 155 Å². The maximum Gasteiger partial charge on any atom is 0.237 e. The van der Waals surface area contributed by atoms with Gasteiger partial charge in [0.1, 0.15) is 0 Å². The molecule has 3 atom stereocenters. The van der Waals surface area contributed by atoms with Gasteiger partial charge < -0.3 is 11.1 Å². The molecule has 1 rings (SSSR count). The molecule has 1 saturated heterocycles. The maximum absolute atomic E-state index is 12.2. The SMILES string of the molecule is CCC(C)C(N)C(=O)NCC(C(CC)CC)N1CCCC1.Cl.Cl. The molecule has 0 radical (unpaired) electrons. The molecular weight excluding hydrogens is 333 g/mol. The Morgan fingerprint density at radius 2 is 1.61 bits per heavy atom. The number of hydrogen-bond donors (Lipinski definition) is 2. The second-order valence-corrected chi connectivity index (χ2v) is 6.54. The summed E-state index contributed by atoms with van der Waals surface area (Å²) in [5, 5.41) is 3.12. The Kier molecular flexibility index (Phi) is 14.6. The lowest BCUT2D eigenvalue weighted by Gasteiger charge is -2.34. The van der Waals surface area contributed by atoms with Gasteiger partial charge in [-0.25, -0.2) is 0 Å². The van der Waals surface area contributed by atoms with Gasteiger partial charge in [0.15, 0.2) is 0 Å². The van der Waals surface area contributed by atoms with E-state index in [-0.39, 0.29) is 42.7 Å². The fourth-order valence-corrected chi connectivity index (χ4v) is 3.34. The molecule has 23 heavy (non-hydrogen) atoms. The third kappa shape index (κ3) is 7.59. The molecule has 0 aromatic rings. The van der Waals surface area contributed by atoms with Crippen molar-refractivity contribution >= 4 is 30.7 Å². The Morgan fingerprint density at radius 1 is 1.09 bits per heavy atom. The van der Waals surface area contributed by atoms with Crippen LogP contribution in [0.2, 0.25) is 0 Å². The maximum atomic E-state index is 12.2. The summed E-state index contributed by atoms with van der Waals surface area (Å²) >= 11 is 0. The minimum atomic E-state index is -0.379. The van der Waals surface area contributed by atoms with Crippen LogP contribution in [0.1, 0.15) is 59.8 Å². The second-order valence-electron chi connectivity index (χ2n) is 6.54. The number of carbonyl (C=O) groups is 1. The zero-order chi connectivity index (χ0) is 15.8. The fourth-order valence-electron chi connectivity index (χ4n) is 3.34. The molecule has 0 aromatic heterocycles. The van der Waals surface area contributed by atoms with E-state index >= 15 is 0 Å². The number of likely N-dealkylation sites (tertiary alicyclic amines) is 1. The van der Waals surface area contributed by atoms with Crippen molar-refractivity contribution in [1.82, 2.24) is 10.2 Å². The highest BCUT2D eigenvalue weighted by atomic mass is 35.5. The number of nitrogens with zero attached hydrogens (tertiary/aromatic N) is 1. The van der Waals surface area contributed by atoms with Crippen molar-refractivity contribution in [2.45, 2.75) is 71.9 Å². The van der Waals surface area contributed by atoms with Crippen LogP contribution < -0.4 is 11.1 Å². The molecule has 1 fully saturated rings. The average molecular weight is 370 g/mol. The predicted octanol–water partition coefficient (Wildman–Crippen LogP) is 3.22. The molecule has 3 unspecified atom stereocenters. The summed E-state index contributed by atoms with van der Waals surface area (Å²) < 4.78 is 0. The first kappa shape index (κ1) is 25.2. The number of nitrogens with two attached hydrogens (primary N) is 1. The minimum Gasteiger partial charge on any atom is -0.353 e. The first-order valence-electron chi connectivity index (χ1n) is 8.82. The standard InChI is InChI=1S/C17H35N3O.2ClH/c1-5-13(4)16(18)17(21)19-12-15(14(6-2)7-3)20-10-8-9-11-20;;/h13-16H,5-12,18H2,1-4H3,(H,19,21);2*1H. The molecule has 4 nitrogen and oxygen atoms in total. The van der Waals surface area contributed by atoms with E-state index in [0.717, 1.165) is 13.0 Å². The highest BCUT2D eigenvalue weighted by Crippen LogP contribution is 2.22. The summed E-state index contributed by atoms with van der Waals surface area (Å²) in [6, 6.07) is 0.0894. The van der Waals surface area contributed by atoms with Gasteiger partial charge in [-0.3, -0.25) is 9.69 Å². The van der Waals surface area contributed by atoms with E-state index < -0.39 is 0 Å². The van der Waals surface area contributed by atoms with Crippen molar-refractivity contribution in [3.8, 4) is 0 Å². The molecule has 1 heterocycles. The fraction of sp³-hybridized carbons (Fsp3) is 0.941. The molecule has 0 aromatic carbocycles. The Hall–Kier alpha value is -0.0300. The van der Waals surface area contributed by atoms with Gasteiger partial charge in [-0.1, -0.05) is 47.0 Å². The number of hydrogen-bond acceptors (Lipinski definition) is 3. The van der Waals surface area contributed by atoms with Gasteiger partial charge in [0.25, 0.3) is 0 Å². The van der Waals surface area contributed by atoms with E-state index in [2.05, 4.69) is 31.0 Å². The molecule has 0 spiro atoms. The molecule has 3 N–H and O–H groups in total. The van der Waals surface area contributed by atoms with Crippen LogP contribution in [-0.4, -0.2) is 42.5 Å². The van der Waals surface area contributed by atoms with Crippen molar-refractivity contribution in [3.63, 3.8) is 0 Å². The zero-order valence-electron chi connectivity index (χ0n) is 15.2. The molecular formula is C17H37Cl2N3O. The van der Waals surface area contributed by atoms with Crippen LogP contribution in [0, 0.1) is 11.8 Å². The van der Waals surface area contributed by atoms with Crippen molar-refractivity contribution in [2.24, 2.45) is 17.6 Å². The van der Waals surface area contributed by atoms with Crippen LogP contribution in [0.15, 0.2) is 0 Å². The first-order valence-corrected chi connectivity index (χ1v) is 8.82. The van der Waals surface area contributed by atoms with Gasteiger partial charge >= 0.3 is 0 Å². The monoisotopic (exact) mass is 369 g/mol. The van der Waals surface area contributed by atoms with Crippen LogP contribution in [0.4, 0.5) is 0 Å². The van der Waals surface area contributed by atoms with E-state index in [1.807, 2.05) is 6.92 Å². The Morgan fingerprint density at radius 3 is 2.04 bits per heavy atom. The summed E-state index contributed by atoms with van der Waals surface area (Å²) in [7, 11) is 0. The molecule has 0 aliphatic carbocycles. The molecule has 6 heteroatoms. The van der Waals surface area contributed by atoms with Gasteiger partial charge in [-0.2, -0.15) is 0 Å². The smallest absolute Gasteiger partial charge is 0.237 e. The largest absolute Gasteiger partial charge is 0.353 e. The van der Waals surface area contributed by atoms with Gasteiger partial charge in [0.05, 0.1) is 6.04 Å². The van der Waals surface area contributed by atoms with Gasteiger partial charge in [-0.05, 0) is 37.8 Å². The normalized spacial score (nSPS) is 18.7. The lowest BCUT2D eigenvalue weighted by molar-refractivity contribution is -0.123. The number of rotatable bonds is 9. The van der Waals surface area contributed by atoms with E-state index in [4.69, 9.17) is 5.73 Å². The third-order valence-corrected chi connectivity index (χ3v) is 5.25. The number of amides is 1. The highest BCUT2D eigenvalue weighted by Gasteiger charge is 2.28. The molecule has 1 amide bonds. The Bertz CT molecular complexity index is 306. The quantitative estimate of drug-likeness (QED) is 0.655. The lowest BCUT2D eigenvalue weighted by atomic mass is 9.92. The summed E-state index contributed by atoms with van der Waals surface area (Å²) in [6.07, 6.45) is 5.86. The van der Waals surface area contributed by atoms with Gasteiger partial charge in [0.2, 0.25) is 5.91 Å². The van der Waals surface area contributed by atoms with Gasteiger partial charge in [-0.15, -0.1) is 24.8 Å². The topological polar surface area (TPSA) is 58.4 Å². The van der Waals surface area contributed by atoms with E-state index in [9.17, 15) is 4.79 Å². The summed E-state index contributed by atoms with van der Waals surface area (Å²) in [6.45, 7) is 11.7. The van der Waals surface area contributed by atoms with Crippen molar-refractivity contribution in [3.05, 3.63) is 0 Å². The average Bonchev–Trinajstić information content (AvgIpc) is 3.03. The minimum absolute atomic E-state index is 0. The Balaban J connectivity index is 0. The van der Waals surface area contributed by atoms with E-state index in [1.54, 1.807) is 0 Å². The van der Waals surface area contributed by atoms with Crippen LogP contribution in [0.5, 0.6) is 0 Å². The molecule has 0 bridgehead atoms. The summed E-state index contributed by atoms with van der Waals surface area (Å²) in [5.41, 5.74) is 6.03.